The van der Waals surface area contributed by atoms with Crippen LogP contribution >= 0.6 is 27.5 Å². The highest BCUT2D eigenvalue weighted by molar-refractivity contribution is 9.10. The van der Waals surface area contributed by atoms with E-state index in [0.29, 0.717) is 0 Å². The summed E-state index contributed by atoms with van der Waals surface area (Å²) in [6.45, 7) is 5.84. The normalized spacial score (nSPS) is 12.3. The van der Waals surface area contributed by atoms with E-state index in [2.05, 4.69) is 15.9 Å². The summed E-state index contributed by atoms with van der Waals surface area (Å²) in [6, 6.07) is 6.68. The van der Waals surface area contributed by atoms with Crippen LogP contribution in [-0.4, -0.2) is 7.11 Å². The van der Waals surface area contributed by atoms with E-state index in [-0.39, 0.29) is 5.82 Å². The molecule has 2 aromatic carbocycles. The van der Waals surface area contributed by atoms with Gasteiger partial charge in [0.05, 0.1) is 12.5 Å². The van der Waals surface area contributed by atoms with Crippen LogP contribution in [-0.2, 0) is 0 Å². The summed E-state index contributed by atoms with van der Waals surface area (Å²) in [4.78, 5) is 0. The van der Waals surface area contributed by atoms with Gasteiger partial charge in [-0.1, -0.05) is 22.0 Å². The van der Waals surface area contributed by atoms with Crippen LogP contribution in [0.25, 0.3) is 0 Å². The van der Waals surface area contributed by atoms with Crippen molar-refractivity contribution in [2.45, 2.75) is 26.1 Å². The molecule has 0 radical (unpaired) electrons. The fourth-order valence-electron chi connectivity index (χ4n) is 2.53. The first-order valence-corrected chi connectivity index (χ1v) is 7.83. The molecule has 2 rings (SSSR count). The summed E-state index contributed by atoms with van der Waals surface area (Å²) >= 11 is 10.3. The van der Waals surface area contributed by atoms with E-state index in [1.165, 1.54) is 12.1 Å². The van der Waals surface area contributed by atoms with E-state index in [4.69, 9.17) is 16.3 Å². The predicted octanol–water partition coefficient (Wildman–Crippen LogP) is 5.85. The molecular weight excluding hydrogens is 355 g/mol. The zero-order valence-corrected chi connectivity index (χ0v) is 14.8. The molecule has 0 amide bonds. The lowest BCUT2D eigenvalue weighted by Gasteiger charge is -2.21. The summed E-state index contributed by atoms with van der Waals surface area (Å²) < 4.78 is 19.8. The number of hydrogen-bond donors (Lipinski definition) is 0. The van der Waals surface area contributed by atoms with Crippen molar-refractivity contribution in [1.29, 1.82) is 0 Å². The number of methoxy groups -OCH3 is 1. The molecule has 0 spiro atoms. The Bertz CT molecular complexity index is 685. The van der Waals surface area contributed by atoms with Crippen molar-refractivity contribution >= 4 is 27.5 Å². The molecule has 0 aromatic heterocycles. The van der Waals surface area contributed by atoms with Gasteiger partial charge in [-0.15, -0.1) is 11.6 Å². The fourth-order valence-corrected chi connectivity index (χ4v) is 3.59. The van der Waals surface area contributed by atoms with Crippen LogP contribution in [0.4, 0.5) is 4.39 Å². The second-order valence-electron chi connectivity index (χ2n) is 5.11. The lowest BCUT2D eigenvalue weighted by atomic mass is 9.94. The number of rotatable bonds is 3. The summed E-state index contributed by atoms with van der Waals surface area (Å²) in [7, 11) is 1.64. The minimum atomic E-state index is -0.392. The minimum Gasteiger partial charge on any atom is -0.496 e. The standard InChI is InChI=1S/C17H17BrClFO/c1-9-7-12(20)5-6-13(9)16(19)15-11(3)14(18)8-10(2)17(15)21-4/h5-8,16H,1-4H3. The molecule has 0 aliphatic heterocycles. The third kappa shape index (κ3) is 3.09. The van der Waals surface area contributed by atoms with Crippen LogP contribution in [0.15, 0.2) is 28.7 Å². The molecule has 0 saturated carbocycles. The largest absolute Gasteiger partial charge is 0.496 e. The fraction of sp³-hybridized carbons (Fsp3) is 0.294. The number of benzene rings is 2. The van der Waals surface area contributed by atoms with Crippen LogP contribution in [0, 0.1) is 26.6 Å². The van der Waals surface area contributed by atoms with Gasteiger partial charge in [-0.2, -0.15) is 0 Å². The average Bonchev–Trinajstić information content (AvgIpc) is 2.41. The molecule has 2 aromatic rings. The van der Waals surface area contributed by atoms with Gasteiger partial charge in [0.15, 0.2) is 0 Å². The lowest BCUT2D eigenvalue weighted by molar-refractivity contribution is 0.406. The molecule has 0 bridgehead atoms. The summed E-state index contributed by atoms with van der Waals surface area (Å²) in [6.07, 6.45) is 0. The van der Waals surface area contributed by atoms with Crippen LogP contribution < -0.4 is 4.74 Å². The van der Waals surface area contributed by atoms with Crippen LogP contribution in [0.2, 0.25) is 0 Å². The monoisotopic (exact) mass is 370 g/mol. The molecule has 1 nitrogen and oxygen atoms in total. The number of ether oxygens (including phenoxy) is 1. The molecule has 4 heteroatoms. The zero-order chi connectivity index (χ0) is 15.7. The van der Waals surface area contributed by atoms with Crippen molar-refractivity contribution in [3.8, 4) is 5.75 Å². The number of aryl methyl sites for hydroxylation is 2. The Morgan fingerprint density at radius 3 is 2.38 bits per heavy atom. The molecule has 21 heavy (non-hydrogen) atoms. The quantitative estimate of drug-likeness (QED) is 0.615. The second-order valence-corrected chi connectivity index (χ2v) is 6.40. The van der Waals surface area contributed by atoms with E-state index >= 15 is 0 Å². The zero-order valence-electron chi connectivity index (χ0n) is 12.4. The maximum atomic E-state index is 13.3. The smallest absolute Gasteiger partial charge is 0.127 e. The van der Waals surface area contributed by atoms with Crippen molar-refractivity contribution in [2.75, 3.05) is 7.11 Å². The highest BCUT2D eigenvalue weighted by atomic mass is 79.9. The SMILES string of the molecule is COc1c(C)cc(Br)c(C)c1C(Cl)c1ccc(F)cc1C. The predicted molar refractivity (Wildman–Crippen MR) is 89.0 cm³/mol. The third-order valence-electron chi connectivity index (χ3n) is 3.67. The number of hydrogen-bond acceptors (Lipinski definition) is 1. The van der Waals surface area contributed by atoms with Crippen LogP contribution in [0.5, 0.6) is 5.75 Å². The third-order valence-corrected chi connectivity index (χ3v) is 4.95. The van der Waals surface area contributed by atoms with Gasteiger partial charge in [0.25, 0.3) is 0 Å². The molecular formula is C17H17BrClFO. The van der Waals surface area contributed by atoms with E-state index < -0.39 is 5.38 Å². The Hall–Kier alpha value is -1.06. The summed E-state index contributed by atoms with van der Waals surface area (Å²) in [5, 5.41) is -0.392. The molecule has 0 heterocycles. The van der Waals surface area contributed by atoms with Crippen LogP contribution in [0.3, 0.4) is 0 Å². The lowest BCUT2D eigenvalue weighted by Crippen LogP contribution is -2.04. The van der Waals surface area contributed by atoms with Gasteiger partial charge in [0.1, 0.15) is 11.6 Å². The number of halogens is 3. The van der Waals surface area contributed by atoms with Crippen LogP contribution in [0.1, 0.15) is 33.2 Å². The topological polar surface area (TPSA) is 9.23 Å². The van der Waals surface area contributed by atoms with Crippen molar-refractivity contribution in [3.05, 3.63) is 62.4 Å². The van der Waals surface area contributed by atoms with E-state index in [1.54, 1.807) is 13.2 Å². The van der Waals surface area contributed by atoms with Crippen molar-refractivity contribution in [1.82, 2.24) is 0 Å². The van der Waals surface area contributed by atoms with Crippen molar-refractivity contribution in [2.24, 2.45) is 0 Å². The van der Waals surface area contributed by atoms with Gasteiger partial charge >= 0.3 is 0 Å². The first-order chi connectivity index (χ1) is 9.86. The molecule has 0 aliphatic carbocycles. The Morgan fingerprint density at radius 1 is 1.14 bits per heavy atom. The Kier molecular flexibility index (Phi) is 4.95. The Labute approximate surface area is 138 Å². The Balaban J connectivity index is 2.65. The van der Waals surface area contributed by atoms with Gasteiger partial charge < -0.3 is 4.74 Å². The minimum absolute atomic E-state index is 0.255. The van der Waals surface area contributed by atoms with Gasteiger partial charge in [0, 0.05) is 10.0 Å². The second kappa shape index (κ2) is 6.37. The number of alkyl halides is 1. The van der Waals surface area contributed by atoms with E-state index in [9.17, 15) is 4.39 Å². The maximum Gasteiger partial charge on any atom is 0.127 e. The average molecular weight is 372 g/mol. The summed E-state index contributed by atoms with van der Waals surface area (Å²) in [5.41, 5.74) is 4.67. The van der Waals surface area contributed by atoms with Gasteiger partial charge in [-0.05, 0) is 61.2 Å². The first kappa shape index (κ1) is 16.3. The van der Waals surface area contributed by atoms with Crippen molar-refractivity contribution in [3.63, 3.8) is 0 Å². The molecule has 1 unspecified atom stereocenters. The van der Waals surface area contributed by atoms with Gasteiger partial charge in [0.2, 0.25) is 0 Å². The van der Waals surface area contributed by atoms with Gasteiger partial charge in [-0.3, -0.25) is 0 Å². The molecule has 0 saturated heterocycles. The molecule has 0 aliphatic rings. The van der Waals surface area contributed by atoms with E-state index in [1.807, 2.05) is 26.8 Å². The molecule has 1 atom stereocenters. The molecule has 0 N–H and O–H groups in total. The summed E-state index contributed by atoms with van der Waals surface area (Å²) in [5.74, 6) is 0.522. The molecule has 0 fully saturated rings. The highest BCUT2D eigenvalue weighted by Gasteiger charge is 2.23. The maximum absolute atomic E-state index is 13.3. The Morgan fingerprint density at radius 2 is 1.81 bits per heavy atom. The highest BCUT2D eigenvalue weighted by Crippen LogP contribution is 2.42. The first-order valence-electron chi connectivity index (χ1n) is 6.60. The van der Waals surface area contributed by atoms with Gasteiger partial charge in [-0.25, -0.2) is 4.39 Å². The van der Waals surface area contributed by atoms with Crippen molar-refractivity contribution < 1.29 is 9.13 Å². The van der Waals surface area contributed by atoms with E-state index in [0.717, 1.165) is 38.0 Å². The molecule has 112 valence electrons.